The maximum Gasteiger partial charge on any atom is 0.404 e. The van der Waals surface area contributed by atoms with Crippen molar-refractivity contribution in [3.63, 3.8) is 0 Å². The van der Waals surface area contributed by atoms with Crippen molar-refractivity contribution in [3.05, 3.63) is 88.5 Å². The Morgan fingerprint density at radius 2 is 1.92 bits per heavy atom. The van der Waals surface area contributed by atoms with Crippen LogP contribution in [0.4, 0.5) is 9.18 Å². The van der Waals surface area contributed by atoms with Crippen molar-refractivity contribution in [1.29, 1.82) is 0 Å². The first-order chi connectivity index (χ1) is 18.9. The number of hydrogen-bond donors (Lipinski definition) is 1. The zero-order chi connectivity index (χ0) is 26.8. The van der Waals surface area contributed by atoms with E-state index in [1.54, 1.807) is 16.6 Å². The van der Waals surface area contributed by atoms with Gasteiger partial charge >= 0.3 is 6.09 Å². The molecule has 2 N–H and O–H groups in total. The first kappa shape index (κ1) is 23.8. The molecule has 2 amide bonds. The fourth-order valence-electron chi connectivity index (χ4n) is 5.88. The molecule has 0 bridgehead atoms. The number of fused-ring (bicyclic) bond motifs is 2. The highest BCUT2D eigenvalue weighted by molar-refractivity contribution is 5.93. The lowest BCUT2D eigenvalue weighted by Gasteiger charge is -2.35. The predicted molar refractivity (Wildman–Crippen MR) is 142 cm³/mol. The molecule has 0 spiro atoms. The normalized spacial score (nSPS) is 22.0. The topological polar surface area (TPSA) is 103 Å². The SMILES string of the molecule is C[C@@H]1c2ccccc2CCN1C(=O)c1cc(C2CC2)n2nc(-c3ccc([C@H]4C[C@@H]4OC(N)=O)cc3F)cc2n1. The molecular weight excluding hydrogens is 497 g/mol. The van der Waals surface area contributed by atoms with Gasteiger partial charge in [0.25, 0.3) is 5.91 Å². The highest BCUT2D eigenvalue weighted by Gasteiger charge is 2.42. The first-order valence-electron chi connectivity index (χ1n) is 13.4. The molecule has 0 saturated heterocycles. The summed E-state index contributed by atoms with van der Waals surface area (Å²) in [5.41, 5.74) is 11.0. The summed E-state index contributed by atoms with van der Waals surface area (Å²) in [6, 6.07) is 16.8. The summed E-state index contributed by atoms with van der Waals surface area (Å²) < 4.78 is 22.0. The zero-order valence-electron chi connectivity index (χ0n) is 21.5. The van der Waals surface area contributed by atoms with E-state index in [0.717, 1.165) is 30.5 Å². The van der Waals surface area contributed by atoms with Gasteiger partial charge in [-0.3, -0.25) is 4.79 Å². The van der Waals surface area contributed by atoms with Crippen molar-refractivity contribution < 1.29 is 18.7 Å². The Hall–Kier alpha value is -4.27. The van der Waals surface area contributed by atoms with E-state index in [4.69, 9.17) is 20.6 Å². The maximum absolute atomic E-state index is 15.3. The fourth-order valence-corrected chi connectivity index (χ4v) is 5.88. The highest BCUT2D eigenvalue weighted by Crippen LogP contribution is 2.44. The van der Waals surface area contributed by atoms with E-state index in [1.807, 2.05) is 29.2 Å². The van der Waals surface area contributed by atoms with Gasteiger partial charge in [-0.1, -0.05) is 30.3 Å². The molecule has 0 radical (unpaired) electrons. The Morgan fingerprint density at radius 3 is 2.69 bits per heavy atom. The van der Waals surface area contributed by atoms with Crippen LogP contribution in [0.3, 0.4) is 0 Å². The summed E-state index contributed by atoms with van der Waals surface area (Å²) >= 11 is 0. The van der Waals surface area contributed by atoms with Crippen LogP contribution in [0.15, 0.2) is 54.6 Å². The van der Waals surface area contributed by atoms with Gasteiger partial charge in [0.2, 0.25) is 0 Å². The Balaban J connectivity index is 1.21. The van der Waals surface area contributed by atoms with Crippen LogP contribution in [0.5, 0.6) is 0 Å². The van der Waals surface area contributed by atoms with E-state index in [-0.39, 0.29) is 24.0 Å². The molecule has 7 rings (SSSR count). The summed E-state index contributed by atoms with van der Waals surface area (Å²) in [5.74, 6) is -0.260. The third kappa shape index (κ3) is 4.22. The smallest absolute Gasteiger partial charge is 0.404 e. The number of aromatic nitrogens is 3. The monoisotopic (exact) mass is 525 g/mol. The van der Waals surface area contributed by atoms with Crippen LogP contribution in [0, 0.1) is 5.82 Å². The minimum atomic E-state index is -0.819. The van der Waals surface area contributed by atoms with Crippen LogP contribution in [0.1, 0.15) is 76.9 Å². The largest absolute Gasteiger partial charge is 0.446 e. The van der Waals surface area contributed by atoms with Gasteiger partial charge in [0.15, 0.2) is 5.65 Å². The lowest BCUT2D eigenvalue weighted by Crippen LogP contribution is -2.39. The van der Waals surface area contributed by atoms with Crippen molar-refractivity contribution >= 4 is 17.6 Å². The predicted octanol–water partition coefficient (Wildman–Crippen LogP) is 5.12. The van der Waals surface area contributed by atoms with Crippen LogP contribution < -0.4 is 5.73 Å². The number of carbonyl (C=O) groups is 2. The van der Waals surface area contributed by atoms with E-state index in [0.29, 0.717) is 41.5 Å². The summed E-state index contributed by atoms with van der Waals surface area (Å²) in [5, 5.41) is 4.71. The molecular formula is C30H28FN5O3. The van der Waals surface area contributed by atoms with Crippen molar-refractivity contribution in [3.8, 4) is 11.3 Å². The third-order valence-corrected chi connectivity index (χ3v) is 8.22. The second-order valence-corrected chi connectivity index (χ2v) is 10.8. The molecule has 2 aromatic heterocycles. The molecule has 0 unspecified atom stereocenters. The van der Waals surface area contributed by atoms with Crippen LogP contribution >= 0.6 is 0 Å². The quantitative estimate of drug-likeness (QED) is 0.389. The molecule has 2 fully saturated rings. The summed E-state index contributed by atoms with van der Waals surface area (Å²) in [6.07, 6.45) is 2.36. The van der Waals surface area contributed by atoms with E-state index < -0.39 is 11.9 Å². The maximum atomic E-state index is 15.3. The highest BCUT2D eigenvalue weighted by atomic mass is 19.1. The summed E-state index contributed by atoms with van der Waals surface area (Å²) in [4.78, 5) is 31.3. The van der Waals surface area contributed by atoms with Crippen LogP contribution in [-0.4, -0.2) is 44.1 Å². The van der Waals surface area contributed by atoms with Gasteiger partial charge in [-0.05, 0) is 67.5 Å². The number of halogens is 1. The van der Waals surface area contributed by atoms with Gasteiger partial charge in [0.1, 0.15) is 17.6 Å². The minimum absolute atomic E-state index is 0.0441. The van der Waals surface area contributed by atoms with E-state index >= 15 is 4.39 Å². The van der Waals surface area contributed by atoms with Gasteiger partial charge in [-0.15, -0.1) is 0 Å². The zero-order valence-corrected chi connectivity index (χ0v) is 21.5. The molecule has 3 atom stereocenters. The second kappa shape index (κ2) is 8.90. The Bertz CT molecular complexity index is 1650. The number of primary amides is 1. The number of nitrogens with zero attached hydrogens (tertiary/aromatic N) is 4. The summed E-state index contributed by atoms with van der Waals surface area (Å²) in [6.45, 7) is 2.69. The molecule has 3 aliphatic rings. The van der Waals surface area contributed by atoms with Gasteiger partial charge in [-0.2, -0.15) is 5.10 Å². The average molecular weight is 526 g/mol. The number of benzene rings is 2. The number of nitrogens with two attached hydrogens (primary N) is 1. The van der Waals surface area contributed by atoms with E-state index in [2.05, 4.69) is 19.1 Å². The van der Waals surface area contributed by atoms with Gasteiger partial charge in [-0.25, -0.2) is 18.7 Å². The summed E-state index contributed by atoms with van der Waals surface area (Å²) in [7, 11) is 0. The Morgan fingerprint density at radius 1 is 1.10 bits per heavy atom. The third-order valence-electron chi connectivity index (χ3n) is 8.22. The van der Waals surface area contributed by atoms with Crippen molar-refractivity contribution in [2.45, 2.75) is 56.6 Å². The Kier molecular flexibility index (Phi) is 5.43. The van der Waals surface area contributed by atoms with Gasteiger partial charge in [0, 0.05) is 35.7 Å². The molecule has 198 valence electrons. The van der Waals surface area contributed by atoms with Crippen molar-refractivity contribution in [1.82, 2.24) is 19.5 Å². The molecule has 3 heterocycles. The number of hydrogen-bond acceptors (Lipinski definition) is 5. The van der Waals surface area contributed by atoms with Crippen LogP contribution in [-0.2, 0) is 11.2 Å². The van der Waals surface area contributed by atoms with Crippen LogP contribution in [0.2, 0.25) is 0 Å². The van der Waals surface area contributed by atoms with E-state index in [9.17, 15) is 9.59 Å². The lowest BCUT2D eigenvalue weighted by molar-refractivity contribution is 0.0671. The minimum Gasteiger partial charge on any atom is -0.446 e. The standard InChI is InChI=1S/C30H28FN5O3/c1-16-20-5-3-2-4-17(20)10-11-35(16)29(37)25-14-26(18-6-7-18)36-28(33-25)15-24(34-36)21-9-8-19(12-23(21)31)22-13-27(22)39-30(32)38/h2-5,8-9,12,14-16,18,22,27H,6-7,10-11,13H2,1H3,(H2,32,38)/t16-,22-,27+/m1/s1. The molecule has 1 aliphatic heterocycles. The van der Waals surface area contributed by atoms with Gasteiger partial charge < -0.3 is 15.4 Å². The first-order valence-corrected chi connectivity index (χ1v) is 13.4. The Labute approximate surface area is 224 Å². The lowest BCUT2D eigenvalue weighted by atomic mass is 9.93. The van der Waals surface area contributed by atoms with Crippen molar-refractivity contribution in [2.75, 3.05) is 6.54 Å². The van der Waals surface area contributed by atoms with Crippen molar-refractivity contribution in [2.24, 2.45) is 5.73 Å². The number of ether oxygens (including phenoxy) is 1. The van der Waals surface area contributed by atoms with E-state index in [1.165, 1.54) is 17.2 Å². The number of rotatable bonds is 5. The molecule has 2 aromatic carbocycles. The molecule has 2 aliphatic carbocycles. The molecule has 39 heavy (non-hydrogen) atoms. The van der Waals surface area contributed by atoms with Crippen LogP contribution in [0.25, 0.3) is 16.9 Å². The number of amides is 2. The molecule has 9 heteroatoms. The second-order valence-electron chi connectivity index (χ2n) is 10.8. The fraction of sp³-hybridized carbons (Fsp3) is 0.333. The molecule has 4 aromatic rings. The van der Waals surface area contributed by atoms with Gasteiger partial charge in [0.05, 0.1) is 11.7 Å². The average Bonchev–Trinajstić information content (AvgIpc) is 3.85. The number of carbonyl (C=O) groups excluding carboxylic acids is 2. The molecule has 2 saturated carbocycles. The molecule has 8 nitrogen and oxygen atoms in total.